The molecule has 1 aromatic rings. The highest BCUT2D eigenvalue weighted by atomic mass is 32.2. The average Bonchev–Trinajstić information content (AvgIpc) is 2.16. The van der Waals surface area contributed by atoms with Gasteiger partial charge >= 0.3 is 6.36 Å². The monoisotopic (exact) mass is 285 g/mol. The van der Waals surface area contributed by atoms with Gasteiger partial charge in [-0.2, -0.15) is 0 Å². The first-order chi connectivity index (χ1) is 8.16. The molecule has 0 saturated carbocycles. The van der Waals surface area contributed by atoms with Gasteiger partial charge in [0, 0.05) is 0 Å². The quantitative estimate of drug-likeness (QED) is 0.883. The first-order valence-corrected chi connectivity index (χ1v) is 6.36. The minimum Gasteiger partial charge on any atom is -0.492 e. The molecule has 0 radical (unpaired) electrons. The molecule has 5 nitrogen and oxygen atoms in total. The van der Waals surface area contributed by atoms with E-state index in [2.05, 4.69) is 4.74 Å². The number of hydrogen-bond donors (Lipinski definition) is 1. The summed E-state index contributed by atoms with van der Waals surface area (Å²) in [6.45, 7) is -0.182. The maximum absolute atomic E-state index is 11.8. The van der Waals surface area contributed by atoms with Gasteiger partial charge in [0.15, 0.2) is 0 Å². The van der Waals surface area contributed by atoms with Crippen LogP contribution in [0.25, 0.3) is 0 Å². The number of nitrogens with two attached hydrogens (primary N) is 1. The van der Waals surface area contributed by atoms with Gasteiger partial charge < -0.3 is 9.47 Å². The van der Waals surface area contributed by atoms with Gasteiger partial charge in [-0.05, 0) is 24.3 Å². The lowest BCUT2D eigenvalue weighted by Crippen LogP contribution is -2.21. The van der Waals surface area contributed by atoms with Gasteiger partial charge in [0.25, 0.3) is 0 Å². The first kappa shape index (κ1) is 14.6. The lowest BCUT2D eigenvalue weighted by atomic mass is 10.3. The van der Waals surface area contributed by atoms with Crippen molar-refractivity contribution in [2.45, 2.75) is 6.36 Å². The highest BCUT2D eigenvalue weighted by molar-refractivity contribution is 7.89. The standard InChI is InChI=1S/C9H10F3NO4S/c10-9(11,12)17-8-3-1-7(2-4-8)16-5-6-18(13,14)15/h1-4H,5-6H2,(H2,13,14,15). The summed E-state index contributed by atoms with van der Waals surface area (Å²) in [7, 11) is -3.62. The number of primary sulfonamides is 1. The van der Waals surface area contributed by atoms with Crippen LogP contribution < -0.4 is 14.6 Å². The Balaban J connectivity index is 2.51. The van der Waals surface area contributed by atoms with Crippen LogP contribution >= 0.6 is 0 Å². The van der Waals surface area contributed by atoms with E-state index in [-0.39, 0.29) is 23.9 Å². The van der Waals surface area contributed by atoms with Gasteiger partial charge in [0.1, 0.15) is 18.1 Å². The van der Waals surface area contributed by atoms with Gasteiger partial charge in [-0.3, -0.25) is 0 Å². The Bertz CT molecular complexity index is 484. The second-order valence-corrected chi connectivity index (χ2v) is 4.97. The third kappa shape index (κ3) is 6.30. The van der Waals surface area contributed by atoms with Crippen LogP contribution in [0.15, 0.2) is 24.3 Å². The first-order valence-electron chi connectivity index (χ1n) is 4.65. The molecule has 0 aliphatic carbocycles. The molecule has 0 atom stereocenters. The fraction of sp³-hybridized carbons (Fsp3) is 0.333. The largest absolute Gasteiger partial charge is 0.573 e. The Kier molecular flexibility index (Phi) is 4.41. The van der Waals surface area contributed by atoms with Crippen molar-refractivity contribution in [3.63, 3.8) is 0 Å². The third-order valence-corrected chi connectivity index (χ3v) is 2.43. The van der Waals surface area contributed by atoms with Crippen molar-refractivity contribution >= 4 is 10.0 Å². The van der Waals surface area contributed by atoms with Crippen LogP contribution in [-0.2, 0) is 10.0 Å². The summed E-state index contributed by atoms with van der Waals surface area (Å²) < 4.78 is 65.3. The number of benzene rings is 1. The van der Waals surface area contributed by atoms with Gasteiger partial charge in [0.2, 0.25) is 10.0 Å². The van der Waals surface area contributed by atoms with Crippen LogP contribution in [0.5, 0.6) is 11.5 Å². The molecule has 0 aromatic heterocycles. The molecule has 0 aliphatic rings. The van der Waals surface area contributed by atoms with Gasteiger partial charge in [0.05, 0.1) is 5.75 Å². The lowest BCUT2D eigenvalue weighted by Gasteiger charge is -2.09. The van der Waals surface area contributed by atoms with Gasteiger partial charge in [-0.1, -0.05) is 0 Å². The van der Waals surface area contributed by atoms with E-state index in [1.807, 2.05) is 0 Å². The van der Waals surface area contributed by atoms with Crippen LogP contribution in [0.4, 0.5) is 13.2 Å². The molecule has 0 saturated heterocycles. The summed E-state index contributed by atoms with van der Waals surface area (Å²) in [4.78, 5) is 0. The molecule has 0 heterocycles. The van der Waals surface area contributed by atoms with E-state index in [9.17, 15) is 21.6 Å². The molecular formula is C9H10F3NO4S. The molecule has 2 N–H and O–H groups in total. The number of sulfonamides is 1. The zero-order valence-corrected chi connectivity index (χ0v) is 9.79. The molecule has 0 unspecified atom stereocenters. The maximum atomic E-state index is 11.8. The molecular weight excluding hydrogens is 275 g/mol. The summed E-state index contributed by atoms with van der Waals surface area (Å²) in [5.74, 6) is -0.553. The van der Waals surface area contributed by atoms with Crippen molar-refractivity contribution < 1.29 is 31.1 Å². The summed E-state index contributed by atoms with van der Waals surface area (Å²) in [6.07, 6.45) is -4.75. The molecule has 9 heteroatoms. The fourth-order valence-corrected chi connectivity index (χ4v) is 1.33. The maximum Gasteiger partial charge on any atom is 0.573 e. The van der Waals surface area contributed by atoms with Crippen molar-refractivity contribution in [1.82, 2.24) is 0 Å². The molecule has 0 spiro atoms. The number of halogens is 3. The highest BCUT2D eigenvalue weighted by Gasteiger charge is 2.30. The molecule has 0 fully saturated rings. The third-order valence-electron chi connectivity index (χ3n) is 1.69. The van der Waals surface area contributed by atoms with Crippen molar-refractivity contribution in [1.29, 1.82) is 0 Å². The van der Waals surface area contributed by atoms with Crippen molar-refractivity contribution in [2.24, 2.45) is 5.14 Å². The Morgan fingerprint density at radius 2 is 1.61 bits per heavy atom. The fourth-order valence-electron chi connectivity index (χ4n) is 1.01. The van der Waals surface area contributed by atoms with Crippen LogP contribution in [-0.4, -0.2) is 27.1 Å². The van der Waals surface area contributed by atoms with Crippen molar-refractivity contribution in [3.8, 4) is 11.5 Å². The number of rotatable bonds is 5. The van der Waals surface area contributed by atoms with Crippen LogP contribution in [0.2, 0.25) is 0 Å². The summed E-state index contributed by atoms with van der Waals surface area (Å²) >= 11 is 0. The molecule has 0 bridgehead atoms. The van der Waals surface area contributed by atoms with Crippen molar-refractivity contribution in [2.75, 3.05) is 12.4 Å². The van der Waals surface area contributed by atoms with E-state index in [4.69, 9.17) is 9.88 Å². The molecule has 18 heavy (non-hydrogen) atoms. The normalized spacial score (nSPS) is 12.2. The zero-order valence-electron chi connectivity index (χ0n) is 8.98. The van der Waals surface area contributed by atoms with E-state index in [1.54, 1.807) is 0 Å². The zero-order chi connectivity index (χ0) is 13.8. The van der Waals surface area contributed by atoms with Crippen LogP contribution in [0.1, 0.15) is 0 Å². The SMILES string of the molecule is NS(=O)(=O)CCOc1ccc(OC(F)(F)F)cc1. The second kappa shape index (κ2) is 5.44. The number of hydrogen-bond acceptors (Lipinski definition) is 4. The molecule has 102 valence electrons. The topological polar surface area (TPSA) is 78.6 Å². The Morgan fingerprint density at radius 1 is 1.11 bits per heavy atom. The van der Waals surface area contributed by atoms with Gasteiger partial charge in [-0.25, -0.2) is 13.6 Å². The van der Waals surface area contributed by atoms with E-state index in [0.29, 0.717) is 0 Å². The van der Waals surface area contributed by atoms with Crippen molar-refractivity contribution in [3.05, 3.63) is 24.3 Å². The molecule has 1 aromatic carbocycles. The van der Waals surface area contributed by atoms with Crippen LogP contribution in [0.3, 0.4) is 0 Å². The lowest BCUT2D eigenvalue weighted by molar-refractivity contribution is -0.274. The second-order valence-electron chi connectivity index (χ2n) is 3.23. The summed E-state index contributed by atoms with van der Waals surface area (Å²) in [5, 5.41) is 4.74. The Morgan fingerprint density at radius 3 is 2.06 bits per heavy atom. The predicted octanol–water partition coefficient (Wildman–Crippen LogP) is 1.25. The number of alkyl halides is 3. The van der Waals surface area contributed by atoms with E-state index < -0.39 is 16.4 Å². The Hall–Kier alpha value is -1.48. The summed E-state index contributed by atoms with van der Waals surface area (Å²) in [6, 6.07) is 4.56. The molecule has 0 amide bonds. The Labute approximate surface area is 101 Å². The van der Waals surface area contributed by atoms with E-state index in [1.165, 1.54) is 12.1 Å². The molecule has 0 aliphatic heterocycles. The molecule has 1 rings (SSSR count). The predicted molar refractivity (Wildman–Crippen MR) is 56.6 cm³/mol. The smallest absolute Gasteiger partial charge is 0.492 e. The minimum absolute atomic E-state index is 0.182. The van der Waals surface area contributed by atoms with Crippen LogP contribution in [0, 0.1) is 0 Å². The average molecular weight is 285 g/mol. The number of ether oxygens (including phenoxy) is 2. The van der Waals surface area contributed by atoms with E-state index >= 15 is 0 Å². The van der Waals surface area contributed by atoms with E-state index in [0.717, 1.165) is 12.1 Å². The van der Waals surface area contributed by atoms with Gasteiger partial charge in [-0.15, -0.1) is 13.2 Å². The minimum atomic E-state index is -4.75. The summed E-state index contributed by atoms with van der Waals surface area (Å²) in [5.41, 5.74) is 0. The highest BCUT2D eigenvalue weighted by Crippen LogP contribution is 2.24.